The number of nitrogens with zero attached hydrogens (tertiary/aromatic N) is 2. The van der Waals surface area contributed by atoms with Crippen LogP contribution in [0, 0.1) is 10.1 Å². The van der Waals surface area contributed by atoms with Crippen molar-refractivity contribution in [2.75, 3.05) is 0 Å². The summed E-state index contributed by atoms with van der Waals surface area (Å²) in [4.78, 5) is 14.4. The van der Waals surface area contributed by atoms with E-state index < -0.39 is 4.92 Å². The highest BCUT2D eigenvalue weighted by atomic mass is 16.6. The van der Waals surface area contributed by atoms with Gasteiger partial charge in [-0.2, -0.15) is 0 Å². The molecule has 0 atom stereocenters. The van der Waals surface area contributed by atoms with Gasteiger partial charge in [0.05, 0.1) is 11.1 Å². The fraction of sp³-hybridized carbons (Fsp3) is 0. The predicted molar refractivity (Wildman–Crippen MR) is 74.0 cm³/mol. The Hall–Kier alpha value is -2.95. The SMILES string of the molecule is O=[N+]([O-])c1ccc(-c2ncc(-c3ccccc3)o2)cc1. The maximum Gasteiger partial charge on any atom is 0.269 e. The van der Waals surface area contributed by atoms with Gasteiger partial charge in [-0.1, -0.05) is 30.3 Å². The monoisotopic (exact) mass is 266 g/mol. The van der Waals surface area contributed by atoms with Crippen LogP contribution in [0.5, 0.6) is 0 Å². The zero-order chi connectivity index (χ0) is 13.9. The minimum atomic E-state index is -0.436. The first-order valence-electron chi connectivity index (χ1n) is 6.00. The summed E-state index contributed by atoms with van der Waals surface area (Å²) in [6.07, 6.45) is 1.64. The van der Waals surface area contributed by atoms with Gasteiger partial charge in [0.1, 0.15) is 0 Å². The van der Waals surface area contributed by atoms with Gasteiger partial charge in [0.2, 0.25) is 5.89 Å². The molecule has 0 spiro atoms. The van der Waals surface area contributed by atoms with Crippen molar-refractivity contribution in [3.05, 3.63) is 70.9 Å². The second-order valence-corrected chi connectivity index (χ2v) is 4.20. The molecule has 1 heterocycles. The van der Waals surface area contributed by atoms with Gasteiger partial charge in [-0.25, -0.2) is 4.98 Å². The molecular weight excluding hydrogens is 256 g/mol. The van der Waals surface area contributed by atoms with E-state index in [0.717, 1.165) is 5.56 Å². The van der Waals surface area contributed by atoms with Gasteiger partial charge in [-0.05, 0) is 12.1 Å². The molecule has 20 heavy (non-hydrogen) atoms. The highest BCUT2D eigenvalue weighted by molar-refractivity contribution is 5.61. The quantitative estimate of drug-likeness (QED) is 0.532. The Labute approximate surface area is 114 Å². The Morgan fingerprint density at radius 3 is 2.30 bits per heavy atom. The van der Waals surface area contributed by atoms with E-state index in [0.29, 0.717) is 17.2 Å². The Morgan fingerprint density at radius 2 is 1.65 bits per heavy atom. The molecule has 3 aromatic rings. The van der Waals surface area contributed by atoms with Gasteiger partial charge in [-0.15, -0.1) is 0 Å². The lowest BCUT2D eigenvalue weighted by molar-refractivity contribution is -0.384. The maximum absolute atomic E-state index is 10.6. The fourth-order valence-corrected chi connectivity index (χ4v) is 1.87. The van der Waals surface area contributed by atoms with Crippen LogP contribution in [0.2, 0.25) is 0 Å². The van der Waals surface area contributed by atoms with Crippen LogP contribution < -0.4 is 0 Å². The Balaban J connectivity index is 1.92. The molecule has 3 rings (SSSR count). The van der Waals surface area contributed by atoms with Crippen LogP contribution in [0.1, 0.15) is 0 Å². The fourth-order valence-electron chi connectivity index (χ4n) is 1.87. The van der Waals surface area contributed by atoms with Crippen LogP contribution in [-0.2, 0) is 0 Å². The van der Waals surface area contributed by atoms with Gasteiger partial charge in [0.25, 0.3) is 5.69 Å². The van der Waals surface area contributed by atoms with Crippen molar-refractivity contribution in [1.82, 2.24) is 4.98 Å². The Morgan fingerprint density at radius 1 is 0.950 bits per heavy atom. The number of hydrogen-bond acceptors (Lipinski definition) is 4. The lowest BCUT2D eigenvalue weighted by Crippen LogP contribution is -1.87. The zero-order valence-corrected chi connectivity index (χ0v) is 10.4. The normalized spacial score (nSPS) is 10.4. The molecule has 98 valence electrons. The molecule has 0 N–H and O–H groups in total. The van der Waals surface area contributed by atoms with E-state index in [2.05, 4.69) is 4.98 Å². The summed E-state index contributed by atoms with van der Waals surface area (Å²) in [5.41, 5.74) is 1.69. The summed E-state index contributed by atoms with van der Waals surface area (Å²) < 4.78 is 5.68. The molecule has 5 nitrogen and oxygen atoms in total. The van der Waals surface area contributed by atoms with E-state index >= 15 is 0 Å². The minimum absolute atomic E-state index is 0.0450. The maximum atomic E-state index is 10.6. The van der Waals surface area contributed by atoms with Crippen LogP contribution in [0.4, 0.5) is 5.69 Å². The molecular formula is C15H10N2O3. The van der Waals surface area contributed by atoms with E-state index in [9.17, 15) is 10.1 Å². The number of benzene rings is 2. The Bertz CT molecular complexity index is 733. The van der Waals surface area contributed by atoms with Crippen molar-refractivity contribution in [3.63, 3.8) is 0 Å². The average molecular weight is 266 g/mol. The first kappa shape index (κ1) is 12.1. The minimum Gasteiger partial charge on any atom is -0.436 e. The molecule has 2 aromatic carbocycles. The zero-order valence-electron chi connectivity index (χ0n) is 10.4. The molecule has 0 saturated carbocycles. The van der Waals surface area contributed by atoms with Gasteiger partial charge < -0.3 is 4.42 Å². The lowest BCUT2D eigenvalue weighted by Gasteiger charge is -1.96. The molecule has 5 heteroatoms. The summed E-state index contributed by atoms with van der Waals surface area (Å²) in [6.45, 7) is 0. The molecule has 0 fully saturated rings. The van der Waals surface area contributed by atoms with Crippen molar-refractivity contribution < 1.29 is 9.34 Å². The molecule has 1 aromatic heterocycles. The standard InChI is InChI=1S/C15H10N2O3/c18-17(19)13-8-6-12(7-9-13)15-16-10-14(20-15)11-4-2-1-3-5-11/h1-10H. The summed E-state index contributed by atoms with van der Waals surface area (Å²) in [6, 6.07) is 15.7. The van der Waals surface area contributed by atoms with Crippen molar-refractivity contribution in [2.24, 2.45) is 0 Å². The molecule has 0 radical (unpaired) electrons. The number of hydrogen-bond donors (Lipinski definition) is 0. The molecule has 0 aliphatic carbocycles. The number of nitro groups is 1. The third kappa shape index (κ3) is 2.29. The molecule has 0 aliphatic heterocycles. The summed E-state index contributed by atoms with van der Waals surface area (Å²) >= 11 is 0. The van der Waals surface area contributed by atoms with Crippen molar-refractivity contribution in [2.45, 2.75) is 0 Å². The van der Waals surface area contributed by atoms with E-state index in [-0.39, 0.29) is 5.69 Å². The number of aromatic nitrogens is 1. The second-order valence-electron chi connectivity index (χ2n) is 4.20. The van der Waals surface area contributed by atoms with Crippen LogP contribution in [0.25, 0.3) is 22.8 Å². The van der Waals surface area contributed by atoms with Gasteiger partial charge >= 0.3 is 0 Å². The molecule has 0 aliphatic rings. The van der Waals surface area contributed by atoms with Crippen molar-refractivity contribution in [3.8, 4) is 22.8 Å². The number of non-ortho nitro benzene ring substituents is 1. The van der Waals surface area contributed by atoms with Crippen LogP contribution in [0.15, 0.2) is 65.2 Å². The number of rotatable bonds is 3. The van der Waals surface area contributed by atoms with E-state index in [1.165, 1.54) is 12.1 Å². The lowest BCUT2D eigenvalue weighted by atomic mass is 10.2. The number of nitro benzene ring substituents is 1. The largest absolute Gasteiger partial charge is 0.436 e. The van der Waals surface area contributed by atoms with E-state index in [4.69, 9.17) is 4.42 Å². The highest BCUT2D eigenvalue weighted by Gasteiger charge is 2.10. The van der Waals surface area contributed by atoms with Crippen LogP contribution >= 0.6 is 0 Å². The van der Waals surface area contributed by atoms with Gasteiger partial charge in [-0.3, -0.25) is 10.1 Å². The Kier molecular flexibility index (Phi) is 3.01. The first-order chi connectivity index (χ1) is 9.74. The molecule has 0 saturated heterocycles. The van der Waals surface area contributed by atoms with Crippen molar-refractivity contribution in [1.29, 1.82) is 0 Å². The molecule has 0 unspecified atom stereocenters. The smallest absolute Gasteiger partial charge is 0.269 e. The third-order valence-electron chi connectivity index (χ3n) is 2.89. The second kappa shape index (κ2) is 4.97. The number of oxazole rings is 1. The van der Waals surface area contributed by atoms with Crippen LogP contribution in [0.3, 0.4) is 0 Å². The summed E-state index contributed by atoms with van der Waals surface area (Å²) in [5.74, 6) is 1.11. The van der Waals surface area contributed by atoms with E-state index in [1.54, 1.807) is 18.3 Å². The highest BCUT2D eigenvalue weighted by Crippen LogP contribution is 2.26. The van der Waals surface area contributed by atoms with E-state index in [1.807, 2.05) is 30.3 Å². The molecule has 0 amide bonds. The van der Waals surface area contributed by atoms with Crippen molar-refractivity contribution >= 4 is 5.69 Å². The summed E-state index contributed by atoms with van der Waals surface area (Å²) in [5, 5.41) is 10.6. The third-order valence-corrected chi connectivity index (χ3v) is 2.89. The van der Waals surface area contributed by atoms with Crippen LogP contribution in [-0.4, -0.2) is 9.91 Å². The topological polar surface area (TPSA) is 69.2 Å². The average Bonchev–Trinajstić information content (AvgIpc) is 2.98. The van der Waals surface area contributed by atoms with Gasteiger partial charge in [0.15, 0.2) is 5.76 Å². The molecule has 0 bridgehead atoms. The summed E-state index contributed by atoms with van der Waals surface area (Å²) in [7, 11) is 0. The van der Waals surface area contributed by atoms with Gasteiger partial charge in [0, 0.05) is 23.3 Å². The first-order valence-corrected chi connectivity index (χ1v) is 6.00. The predicted octanol–water partition coefficient (Wildman–Crippen LogP) is 3.92.